The normalized spacial score (nSPS) is 12.7. The number of halogens is 2. The van der Waals surface area contributed by atoms with Crippen LogP contribution in [-0.4, -0.2) is 14.9 Å². The van der Waals surface area contributed by atoms with Crippen molar-refractivity contribution in [3.8, 4) is 0 Å². The Labute approximate surface area is 112 Å². The van der Waals surface area contributed by atoms with Crippen LogP contribution in [0.3, 0.4) is 0 Å². The van der Waals surface area contributed by atoms with Crippen molar-refractivity contribution in [1.29, 1.82) is 0 Å². The molecule has 0 saturated carbocycles. The Morgan fingerprint density at radius 1 is 1.38 bits per heavy atom. The number of rotatable bonds is 3. The lowest BCUT2D eigenvalue weighted by Gasteiger charge is -2.10. The predicted octanol–water partition coefficient (Wildman–Crippen LogP) is 2.87. The van der Waals surface area contributed by atoms with Crippen molar-refractivity contribution in [3.05, 3.63) is 50.8 Å². The summed E-state index contributed by atoms with van der Waals surface area (Å²) in [5.41, 5.74) is 0.843. The molecule has 0 radical (unpaired) electrons. The third-order valence-electron chi connectivity index (χ3n) is 2.22. The highest BCUT2D eigenvalue weighted by atomic mass is 127. The molecule has 1 N–H and O–H groups in total. The van der Waals surface area contributed by atoms with Crippen LogP contribution in [0.4, 0.5) is 0 Å². The standard InChI is InChI=1S/C11H10ClIN2O/c12-9-3-1-8(2-4-9)11(16)7-15-6-10(13)5-14-15/h1-6,11,16H,7H2. The molecule has 1 atom stereocenters. The highest BCUT2D eigenvalue weighted by Crippen LogP contribution is 2.18. The van der Waals surface area contributed by atoms with Crippen LogP contribution in [0.1, 0.15) is 11.7 Å². The zero-order valence-corrected chi connectivity index (χ0v) is 11.3. The largest absolute Gasteiger partial charge is 0.386 e. The first-order valence-corrected chi connectivity index (χ1v) is 6.22. The van der Waals surface area contributed by atoms with Crippen LogP contribution in [0.15, 0.2) is 36.7 Å². The fourth-order valence-electron chi connectivity index (χ4n) is 1.41. The molecule has 0 bridgehead atoms. The predicted molar refractivity (Wildman–Crippen MR) is 71.4 cm³/mol. The maximum atomic E-state index is 9.97. The third kappa shape index (κ3) is 2.96. The maximum Gasteiger partial charge on any atom is 0.0985 e. The molecule has 1 unspecified atom stereocenters. The first-order chi connectivity index (χ1) is 7.65. The summed E-state index contributed by atoms with van der Waals surface area (Å²) in [6.45, 7) is 0.449. The van der Waals surface area contributed by atoms with Crippen molar-refractivity contribution in [2.45, 2.75) is 12.6 Å². The highest BCUT2D eigenvalue weighted by Gasteiger charge is 2.08. The molecule has 0 saturated heterocycles. The van der Waals surface area contributed by atoms with Crippen LogP contribution in [-0.2, 0) is 6.54 Å². The van der Waals surface area contributed by atoms with Gasteiger partial charge >= 0.3 is 0 Å². The molecule has 16 heavy (non-hydrogen) atoms. The van der Waals surface area contributed by atoms with Crippen LogP contribution in [0.2, 0.25) is 5.02 Å². The summed E-state index contributed by atoms with van der Waals surface area (Å²) >= 11 is 7.96. The lowest BCUT2D eigenvalue weighted by Crippen LogP contribution is -2.08. The summed E-state index contributed by atoms with van der Waals surface area (Å²) in [5, 5.41) is 14.8. The number of aromatic nitrogens is 2. The van der Waals surface area contributed by atoms with E-state index in [0.717, 1.165) is 9.13 Å². The van der Waals surface area contributed by atoms with E-state index in [1.54, 1.807) is 23.0 Å². The molecule has 0 aliphatic carbocycles. The Hall–Kier alpha value is -0.590. The second-order valence-corrected chi connectivity index (χ2v) is 5.13. The zero-order valence-electron chi connectivity index (χ0n) is 8.35. The summed E-state index contributed by atoms with van der Waals surface area (Å²) in [5.74, 6) is 0. The Bertz CT molecular complexity index is 469. The minimum absolute atomic E-state index is 0.449. The average Bonchev–Trinajstić information content (AvgIpc) is 2.65. The van der Waals surface area contributed by atoms with Crippen molar-refractivity contribution in [1.82, 2.24) is 9.78 Å². The molecule has 0 amide bonds. The monoisotopic (exact) mass is 348 g/mol. The van der Waals surface area contributed by atoms with E-state index in [2.05, 4.69) is 27.7 Å². The van der Waals surface area contributed by atoms with E-state index >= 15 is 0 Å². The molecule has 2 aromatic rings. The van der Waals surface area contributed by atoms with Crippen molar-refractivity contribution >= 4 is 34.2 Å². The summed E-state index contributed by atoms with van der Waals surface area (Å²) in [4.78, 5) is 0. The number of aliphatic hydroxyl groups excluding tert-OH is 1. The molecule has 3 nitrogen and oxygen atoms in total. The topological polar surface area (TPSA) is 38.0 Å². The van der Waals surface area contributed by atoms with Gasteiger partial charge in [-0.3, -0.25) is 4.68 Å². The Morgan fingerprint density at radius 3 is 2.62 bits per heavy atom. The van der Waals surface area contributed by atoms with Crippen LogP contribution >= 0.6 is 34.2 Å². The first-order valence-electron chi connectivity index (χ1n) is 4.76. The number of nitrogens with zero attached hydrogens (tertiary/aromatic N) is 2. The first kappa shape index (κ1) is 11.9. The van der Waals surface area contributed by atoms with Crippen LogP contribution in [0.25, 0.3) is 0 Å². The van der Waals surface area contributed by atoms with Gasteiger partial charge in [-0.15, -0.1) is 0 Å². The quantitative estimate of drug-likeness (QED) is 0.866. The minimum Gasteiger partial charge on any atom is -0.386 e. The summed E-state index contributed by atoms with van der Waals surface area (Å²) in [6, 6.07) is 7.18. The van der Waals surface area contributed by atoms with Crippen LogP contribution in [0, 0.1) is 3.57 Å². The lowest BCUT2D eigenvalue weighted by molar-refractivity contribution is 0.151. The van der Waals surface area contributed by atoms with E-state index in [-0.39, 0.29) is 0 Å². The van der Waals surface area contributed by atoms with Crippen molar-refractivity contribution in [2.24, 2.45) is 0 Å². The maximum absolute atomic E-state index is 9.97. The molecule has 0 fully saturated rings. The molecule has 2 rings (SSSR count). The van der Waals surface area contributed by atoms with Gasteiger partial charge in [-0.05, 0) is 40.3 Å². The zero-order chi connectivity index (χ0) is 11.5. The molecule has 5 heteroatoms. The summed E-state index contributed by atoms with van der Waals surface area (Å²) < 4.78 is 2.78. The molecule has 0 aliphatic heterocycles. The smallest absolute Gasteiger partial charge is 0.0985 e. The number of hydrogen-bond donors (Lipinski definition) is 1. The van der Waals surface area contributed by atoms with E-state index in [1.807, 2.05) is 18.3 Å². The van der Waals surface area contributed by atoms with E-state index in [9.17, 15) is 5.11 Å². The molecule has 84 valence electrons. The van der Waals surface area contributed by atoms with Crippen LogP contribution in [0.5, 0.6) is 0 Å². The van der Waals surface area contributed by atoms with Gasteiger partial charge in [0.15, 0.2) is 0 Å². The fourth-order valence-corrected chi connectivity index (χ4v) is 1.98. The molecule has 0 aliphatic rings. The fraction of sp³-hybridized carbons (Fsp3) is 0.182. The van der Waals surface area contributed by atoms with Gasteiger partial charge in [-0.25, -0.2) is 0 Å². The number of benzene rings is 1. The van der Waals surface area contributed by atoms with Crippen molar-refractivity contribution in [3.63, 3.8) is 0 Å². The second-order valence-electron chi connectivity index (χ2n) is 3.45. The van der Waals surface area contributed by atoms with Gasteiger partial charge in [0.1, 0.15) is 0 Å². The van der Waals surface area contributed by atoms with Gasteiger partial charge in [-0.1, -0.05) is 23.7 Å². The van der Waals surface area contributed by atoms with E-state index in [1.165, 1.54) is 0 Å². The molecule has 1 aromatic heterocycles. The van der Waals surface area contributed by atoms with Gasteiger partial charge in [0.05, 0.1) is 22.4 Å². The Kier molecular flexibility index (Phi) is 3.83. The molecule has 1 aromatic carbocycles. The van der Waals surface area contributed by atoms with Crippen molar-refractivity contribution in [2.75, 3.05) is 0 Å². The Morgan fingerprint density at radius 2 is 2.06 bits per heavy atom. The van der Waals surface area contributed by atoms with E-state index in [4.69, 9.17) is 11.6 Å². The molecule has 0 spiro atoms. The van der Waals surface area contributed by atoms with Gasteiger partial charge < -0.3 is 5.11 Å². The van der Waals surface area contributed by atoms with Gasteiger partial charge in [-0.2, -0.15) is 5.10 Å². The summed E-state index contributed by atoms with van der Waals surface area (Å²) in [6.07, 6.45) is 3.09. The van der Waals surface area contributed by atoms with E-state index in [0.29, 0.717) is 11.6 Å². The van der Waals surface area contributed by atoms with E-state index < -0.39 is 6.10 Å². The molecular formula is C11H10ClIN2O. The highest BCUT2D eigenvalue weighted by molar-refractivity contribution is 14.1. The molecular weight excluding hydrogens is 338 g/mol. The number of aliphatic hydroxyl groups is 1. The van der Waals surface area contributed by atoms with Gasteiger partial charge in [0.2, 0.25) is 0 Å². The van der Waals surface area contributed by atoms with Gasteiger partial charge in [0.25, 0.3) is 0 Å². The Balaban J connectivity index is 2.08. The molecule has 1 heterocycles. The lowest BCUT2D eigenvalue weighted by atomic mass is 10.1. The average molecular weight is 349 g/mol. The third-order valence-corrected chi connectivity index (χ3v) is 3.03. The second kappa shape index (κ2) is 5.16. The van der Waals surface area contributed by atoms with Crippen LogP contribution < -0.4 is 0 Å². The van der Waals surface area contributed by atoms with Gasteiger partial charge in [0, 0.05) is 11.2 Å². The van der Waals surface area contributed by atoms with Crippen molar-refractivity contribution < 1.29 is 5.11 Å². The SMILES string of the molecule is OC(Cn1cc(I)cn1)c1ccc(Cl)cc1. The minimum atomic E-state index is -0.562. The summed E-state index contributed by atoms with van der Waals surface area (Å²) in [7, 11) is 0. The number of hydrogen-bond acceptors (Lipinski definition) is 2.